The fourth-order valence-electron chi connectivity index (χ4n) is 3.90. The second kappa shape index (κ2) is 7.02. The molecule has 0 unspecified atom stereocenters. The van der Waals surface area contributed by atoms with E-state index in [1.165, 1.54) is 12.1 Å². The van der Waals surface area contributed by atoms with Crippen LogP contribution in [0.5, 0.6) is 0 Å². The Morgan fingerprint density at radius 1 is 1.06 bits per heavy atom. The van der Waals surface area contributed by atoms with Gasteiger partial charge in [-0.15, -0.1) is 0 Å². The maximum atomic E-state index is 13.6. The molecule has 0 saturated heterocycles. The molecule has 0 saturated carbocycles. The van der Waals surface area contributed by atoms with Gasteiger partial charge in [0.05, 0.1) is 11.8 Å². The van der Waals surface area contributed by atoms with Crippen molar-refractivity contribution in [3.8, 4) is 16.8 Å². The Morgan fingerprint density at radius 2 is 1.77 bits per heavy atom. The molecular formula is C23H18FN5O2. The van der Waals surface area contributed by atoms with Gasteiger partial charge in [0.25, 0.3) is 0 Å². The zero-order valence-electron chi connectivity index (χ0n) is 16.8. The first kappa shape index (κ1) is 18.9. The average Bonchev–Trinajstić information content (AvgIpc) is 3.34. The highest BCUT2D eigenvalue weighted by Crippen LogP contribution is 2.39. The van der Waals surface area contributed by atoms with E-state index in [0.717, 1.165) is 22.5 Å². The van der Waals surface area contributed by atoms with Crippen molar-refractivity contribution in [2.75, 3.05) is 0 Å². The predicted molar refractivity (Wildman–Crippen MR) is 115 cm³/mol. The summed E-state index contributed by atoms with van der Waals surface area (Å²) in [5.41, 5.74) is 6.07. The van der Waals surface area contributed by atoms with Crippen LogP contribution < -0.4 is 0 Å². The van der Waals surface area contributed by atoms with Crippen LogP contribution in [-0.2, 0) is 0 Å². The number of hydrogen-bond acceptors (Lipinski definition) is 4. The van der Waals surface area contributed by atoms with Gasteiger partial charge >= 0.3 is 5.97 Å². The summed E-state index contributed by atoms with van der Waals surface area (Å²) in [4.78, 5) is 20.9. The lowest BCUT2D eigenvalue weighted by Gasteiger charge is -2.15. The standard InChI is InChI=1S/C23H18FN5O2/c1-12(2)20-18(13-3-5-14(6-4-13)23(30)31)19-22(26-17-11-25-28-21(17)27-19)29(20)16-9-7-15(24)8-10-16/h3-12H,1-2H3,(H,30,31)(H,25,27,28). The molecule has 0 aliphatic heterocycles. The summed E-state index contributed by atoms with van der Waals surface area (Å²) in [6.07, 6.45) is 1.61. The second-order valence-corrected chi connectivity index (χ2v) is 7.61. The van der Waals surface area contributed by atoms with E-state index >= 15 is 0 Å². The van der Waals surface area contributed by atoms with Gasteiger partial charge in [0.15, 0.2) is 11.3 Å². The molecule has 7 nitrogen and oxygen atoms in total. The van der Waals surface area contributed by atoms with Crippen LogP contribution in [0.15, 0.2) is 54.7 Å². The van der Waals surface area contributed by atoms with Crippen LogP contribution >= 0.6 is 0 Å². The molecule has 0 aliphatic carbocycles. The number of H-pyrrole nitrogens is 1. The van der Waals surface area contributed by atoms with E-state index in [0.29, 0.717) is 22.3 Å². The summed E-state index contributed by atoms with van der Waals surface area (Å²) in [6.45, 7) is 4.13. The average molecular weight is 415 g/mol. The first-order valence-corrected chi connectivity index (χ1v) is 9.79. The zero-order valence-corrected chi connectivity index (χ0v) is 16.8. The van der Waals surface area contributed by atoms with Crippen molar-refractivity contribution < 1.29 is 14.3 Å². The highest BCUT2D eigenvalue weighted by Gasteiger charge is 2.25. The fraction of sp³-hybridized carbons (Fsp3) is 0.130. The maximum absolute atomic E-state index is 13.6. The number of rotatable bonds is 4. The SMILES string of the molecule is CC(C)c1c(-c2ccc(C(=O)O)cc2)c2nc3[nH]ncc3nc2n1-c1ccc(F)cc1. The van der Waals surface area contributed by atoms with E-state index in [-0.39, 0.29) is 17.3 Å². The molecule has 154 valence electrons. The van der Waals surface area contributed by atoms with Gasteiger partial charge in [-0.1, -0.05) is 26.0 Å². The third-order valence-electron chi connectivity index (χ3n) is 5.26. The first-order valence-electron chi connectivity index (χ1n) is 9.79. The van der Waals surface area contributed by atoms with Crippen LogP contribution in [0.25, 0.3) is 39.1 Å². The Kier molecular flexibility index (Phi) is 4.28. The normalized spacial score (nSPS) is 11.6. The second-order valence-electron chi connectivity index (χ2n) is 7.61. The topological polar surface area (TPSA) is 96.7 Å². The van der Waals surface area contributed by atoms with Crippen LogP contribution in [0.2, 0.25) is 0 Å². The van der Waals surface area contributed by atoms with Crippen molar-refractivity contribution >= 4 is 28.3 Å². The number of halogens is 1. The van der Waals surface area contributed by atoms with E-state index < -0.39 is 5.97 Å². The number of fused-ring (bicyclic) bond motifs is 2. The van der Waals surface area contributed by atoms with Crippen LogP contribution in [-0.4, -0.2) is 35.8 Å². The first-order chi connectivity index (χ1) is 14.9. The van der Waals surface area contributed by atoms with Gasteiger partial charge in [0, 0.05) is 16.9 Å². The van der Waals surface area contributed by atoms with Gasteiger partial charge < -0.3 is 5.11 Å². The molecule has 0 bridgehead atoms. The van der Waals surface area contributed by atoms with Gasteiger partial charge in [-0.25, -0.2) is 19.2 Å². The molecule has 3 heterocycles. The molecule has 0 radical (unpaired) electrons. The number of hydrogen-bond donors (Lipinski definition) is 2. The Balaban J connectivity index is 1.90. The summed E-state index contributed by atoms with van der Waals surface area (Å²) in [5, 5.41) is 16.2. The number of benzene rings is 2. The minimum atomic E-state index is -0.983. The highest BCUT2D eigenvalue weighted by atomic mass is 19.1. The van der Waals surface area contributed by atoms with Gasteiger partial charge in [0.1, 0.15) is 16.9 Å². The largest absolute Gasteiger partial charge is 0.478 e. The smallest absolute Gasteiger partial charge is 0.335 e. The number of nitrogens with one attached hydrogen (secondary N) is 1. The van der Waals surface area contributed by atoms with Crippen molar-refractivity contribution in [2.45, 2.75) is 19.8 Å². The minimum absolute atomic E-state index is 0.0756. The lowest BCUT2D eigenvalue weighted by molar-refractivity contribution is 0.0697. The summed E-state index contributed by atoms with van der Waals surface area (Å²) in [5.74, 6) is -1.23. The van der Waals surface area contributed by atoms with Crippen molar-refractivity contribution in [3.63, 3.8) is 0 Å². The van der Waals surface area contributed by atoms with Crippen LogP contribution in [0.4, 0.5) is 4.39 Å². The Bertz CT molecular complexity index is 1430. The number of aromatic nitrogens is 5. The van der Waals surface area contributed by atoms with Crippen LogP contribution in [0.3, 0.4) is 0 Å². The van der Waals surface area contributed by atoms with Crippen LogP contribution in [0.1, 0.15) is 35.8 Å². The molecule has 3 aromatic heterocycles. The lowest BCUT2D eigenvalue weighted by Crippen LogP contribution is -2.04. The molecule has 5 aromatic rings. The third-order valence-corrected chi connectivity index (χ3v) is 5.26. The van der Waals surface area contributed by atoms with Gasteiger partial charge in [-0.05, 0) is 47.9 Å². The molecule has 8 heteroatoms. The summed E-state index contributed by atoms with van der Waals surface area (Å²) < 4.78 is 15.6. The molecule has 31 heavy (non-hydrogen) atoms. The van der Waals surface area contributed by atoms with E-state index in [9.17, 15) is 14.3 Å². The molecule has 0 fully saturated rings. The quantitative estimate of drug-likeness (QED) is 0.434. The number of carbonyl (C=O) groups is 1. The number of carboxylic acids is 1. The van der Waals surface area contributed by atoms with E-state index in [2.05, 4.69) is 24.0 Å². The summed E-state index contributed by atoms with van der Waals surface area (Å²) >= 11 is 0. The Labute approximate surface area is 176 Å². The lowest BCUT2D eigenvalue weighted by atomic mass is 9.98. The van der Waals surface area contributed by atoms with Crippen molar-refractivity contribution in [1.82, 2.24) is 24.7 Å². The van der Waals surface area contributed by atoms with Gasteiger partial charge in [0.2, 0.25) is 0 Å². The molecule has 0 spiro atoms. The highest BCUT2D eigenvalue weighted by molar-refractivity contribution is 5.98. The van der Waals surface area contributed by atoms with Crippen LogP contribution in [0, 0.1) is 5.82 Å². The number of aromatic carboxylic acids is 1. The molecule has 5 rings (SSSR count). The number of carboxylic acid groups (broad SMARTS) is 1. The number of nitrogens with zero attached hydrogens (tertiary/aromatic N) is 4. The summed E-state index contributed by atoms with van der Waals surface area (Å²) in [7, 11) is 0. The third kappa shape index (κ3) is 3.04. The minimum Gasteiger partial charge on any atom is -0.478 e. The molecule has 2 aromatic carbocycles. The molecule has 0 amide bonds. The maximum Gasteiger partial charge on any atom is 0.335 e. The molecular weight excluding hydrogens is 397 g/mol. The predicted octanol–water partition coefficient (Wildman–Crippen LogP) is 4.92. The van der Waals surface area contributed by atoms with Crippen molar-refractivity contribution in [2.24, 2.45) is 0 Å². The molecule has 2 N–H and O–H groups in total. The Hall–Kier alpha value is -4.07. The zero-order chi connectivity index (χ0) is 21.7. The van der Waals surface area contributed by atoms with Gasteiger partial charge in [-0.3, -0.25) is 9.67 Å². The fourth-order valence-corrected chi connectivity index (χ4v) is 3.90. The molecule has 0 aliphatic rings. The molecule has 0 atom stereocenters. The van der Waals surface area contributed by atoms with Gasteiger partial charge in [-0.2, -0.15) is 5.10 Å². The summed E-state index contributed by atoms with van der Waals surface area (Å²) in [6, 6.07) is 12.9. The van der Waals surface area contributed by atoms with E-state index in [1.54, 1.807) is 42.6 Å². The van der Waals surface area contributed by atoms with E-state index in [4.69, 9.17) is 9.97 Å². The van der Waals surface area contributed by atoms with Crippen molar-refractivity contribution in [1.29, 1.82) is 0 Å². The van der Waals surface area contributed by atoms with Crippen molar-refractivity contribution in [3.05, 3.63) is 71.8 Å². The van der Waals surface area contributed by atoms with E-state index in [1.807, 2.05) is 4.57 Å². The monoisotopic (exact) mass is 415 g/mol. The Morgan fingerprint density at radius 3 is 2.42 bits per heavy atom. The number of aromatic amines is 1.